The number of hydrogen-bond acceptors (Lipinski definition) is 3. The van der Waals surface area contributed by atoms with E-state index in [9.17, 15) is 8.78 Å². The van der Waals surface area contributed by atoms with Crippen molar-refractivity contribution in [1.82, 2.24) is 4.98 Å². The molecule has 0 aliphatic carbocycles. The van der Waals surface area contributed by atoms with Crippen LogP contribution in [-0.2, 0) is 5.92 Å². The van der Waals surface area contributed by atoms with Crippen LogP contribution in [0.1, 0.15) is 11.4 Å². The number of nitrogens with two attached hydrogens (primary N) is 1. The largest absolute Gasteiger partial charge is 0.330 e. The van der Waals surface area contributed by atoms with Gasteiger partial charge in [0.25, 0.3) is 5.92 Å². The molecule has 0 spiro atoms. The lowest BCUT2D eigenvalue weighted by molar-refractivity contribution is -0.0109. The van der Waals surface area contributed by atoms with Crippen LogP contribution in [-0.4, -0.2) is 11.5 Å². The fraction of sp³-hybridized carbons (Fsp3) is 0.500. The van der Waals surface area contributed by atoms with Crippen molar-refractivity contribution in [2.45, 2.75) is 12.3 Å². The Kier molecular flexibility index (Phi) is 3.14. The summed E-state index contributed by atoms with van der Waals surface area (Å²) in [5.41, 5.74) is 5.04. The summed E-state index contributed by atoms with van der Waals surface area (Å²) in [7, 11) is 0. The molecule has 0 radical (unpaired) electrons. The molecule has 2 N–H and O–H groups in total. The van der Waals surface area contributed by atoms with E-state index >= 15 is 0 Å². The zero-order valence-electron chi connectivity index (χ0n) is 6.06. The van der Waals surface area contributed by atoms with Crippen LogP contribution in [0.25, 0.3) is 0 Å². The lowest BCUT2D eigenvalue weighted by atomic mass is 10.2. The van der Waals surface area contributed by atoms with Gasteiger partial charge in [0.2, 0.25) is 0 Å². The molecule has 0 aliphatic rings. The lowest BCUT2D eigenvalue weighted by Crippen LogP contribution is -2.18. The van der Waals surface area contributed by atoms with E-state index in [0.717, 1.165) is 11.3 Å². The molecule has 1 aromatic rings. The van der Waals surface area contributed by atoms with Crippen molar-refractivity contribution in [2.75, 3.05) is 6.54 Å². The van der Waals surface area contributed by atoms with Gasteiger partial charge in [0, 0.05) is 6.42 Å². The third kappa shape index (κ3) is 2.21. The third-order valence-corrected chi connectivity index (χ3v) is 2.84. The smallest absolute Gasteiger partial charge is 0.300 e. The van der Waals surface area contributed by atoms with Gasteiger partial charge in [-0.05, 0) is 22.5 Å². The number of rotatable bonds is 3. The molecule has 0 saturated heterocycles. The minimum absolute atomic E-state index is 0.0375. The summed E-state index contributed by atoms with van der Waals surface area (Å²) in [5.74, 6) is -2.88. The highest BCUT2D eigenvalue weighted by molar-refractivity contribution is 9.11. The van der Waals surface area contributed by atoms with E-state index in [2.05, 4.69) is 20.9 Å². The van der Waals surface area contributed by atoms with Crippen LogP contribution in [0.2, 0.25) is 0 Å². The molecule has 0 amide bonds. The number of hydrogen-bond donors (Lipinski definition) is 1. The van der Waals surface area contributed by atoms with E-state index < -0.39 is 5.92 Å². The summed E-state index contributed by atoms with van der Waals surface area (Å²) in [6.45, 7) is -0.0375. The number of thiazole rings is 1. The molecule has 0 fully saturated rings. The Morgan fingerprint density at radius 2 is 2.33 bits per heavy atom. The van der Waals surface area contributed by atoms with Gasteiger partial charge >= 0.3 is 0 Å². The third-order valence-electron chi connectivity index (χ3n) is 1.25. The van der Waals surface area contributed by atoms with Crippen LogP contribution < -0.4 is 5.73 Å². The van der Waals surface area contributed by atoms with Gasteiger partial charge in [-0.1, -0.05) is 0 Å². The van der Waals surface area contributed by atoms with Crippen LogP contribution in [0.3, 0.4) is 0 Å². The molecule has 12 heavy (non-hydrogen) atoms. The fourth-order valence-corrected chi connectivity index (χ4v) is 1.92. The summed E-state index contributed by atoms with van der Waals surface area (Å²) in [6.07, 6.45) is 1.01. The Bertz CT molecular complexity index is 264. The van der Waals surface area contributed by atoms with E-state index in [4.69, 9.17) is 5.73 Å². The van der Waals surface area contributed by atoms with Crippen molar-refractivity contribution in [1.29, 1.82) is 0 Å². The SMILES string of the molecule is NCCC(F)(F)c1ncc(Br)s1. The van der Waals surface area contributed by atoms with Crippen molar-refractivity contribution in [3.8, 4) is 0 Å². The molecular weight excluding hydrogens is 250 g/mol. The topological polar surface area (TPSA) is 38.9 Å². The molecule has 1 rings (SSSR count). The molecule has 0 saturated carbocycles. The van der Waals surface area contributed by atoms with Gasteiger partial charge in [0.05, 0.1) is 9.98 Å². The number of alkyl halides is 2. The maximum Gasteiger partial charge on any atom is 0.300 e. The monoisotopic (exact) mass is 256 g/mol. The van der Waals surface area contributed by atoms with E-state index in [0.29, 0.717) is 3.79 Å². The minimum Gasteiger partial charge on any atom is -0.330 e. The molecule has 1 aromatic heterocycles. The van der Waals surface area contributed by atoms with Gasteiger partial charge < -0.3 is 5.73 Å². The maximum absolute atomic E-state index is 13.0. The molecule has 0 aromatic carbocycles. The first-order valence-corrected chi connectivity index (χ1v) is 4.87. The molecule has 0 aliphatic heterocycles. The molecule has 0 unspecified atom stereocenters. The van der Waals surface area contributed by atoms with Crippen molar-refractivity contribution >= 4 is 27.3 Å². The molecule has 2 nitrogen and oxygen atoms in total. The van der Waals surface area contributed by atoms with Gasteiger partial charge in [0.1, 0.15) is 0 Å². The fourth-order valence-electron chi connectivity index (χ4n) is 0.712. The van der Waals surface area contributed by atoms with Crippen LogP contribution in [0.15, 0.2) is 9.98 Å². The van der Waals surface area contributed by atoms with Crippen LogP contribution in [0.4, 0.5) is 8.78 Å². The van der Waals surface area contributed by atoms with E-state index in [1.807, 2.05) is 0 Å². The maximum atomic E-state index is 13.0. The van der Waals surface area contributed by atoms with E-state index in [-0.39, 0.29) is 18.0 Å². The summed E-state index contributed by atoms with van der Waals surface area (Å²) < 4.78 is 26.6. The number of nitrogens with zero attached hydrogens (tertiary/aromatic N) is 1. The van der Waals surface area contributed by atoms with Crippen molar-refractivity contribution in [2.24, 2.45) is 5.73 Å². The molecule has 68 valence electrons. The second kappa shape index (κ2) is 3.76. The molecule has 1 heterocycles. The Morgan fingerprint density at radius 1 is 1.67 bits per heavy atom. The first-order valence-electron chi connectivity index (χ1n) is 3.26. The molecular formula is C6H7BrF2N2S. The highest BCUT2D eigenvalue weighted by Gasteiger charge is 2.33. The summed E-state index contributed by atoms with van der Waals surface area (Å²) in [5, 5.41) is -0.181. The Morgan fingerprint density at radius 3 is 2.75 bits per heavy atom. The van der Waals surface area contributed by atoms with Crippen molar-refractivity contribution < 1.29 is 8.78 Å². The zero-order chi connectivity index (χ0) is 9.19. The molecule has 0 bridgehead atoms. The zero-order valence-corrected chi connectivity index (χ0v) is 8.46. The number of aromatic nitrogens is 1. The standard InChI is InChI=1S/C6H7BrF2N2S/c7-4-3-11-5(12-4)6(8,9)1-2-10/h3H,1-2,10H2. The quantitative estimate of drug-likeness (QED) is 0.902. The average Bonchev–Trinajstić information content (AvgIpc) is 2.36. The highest BCUT2D eigenvalue weighted by atomic mass is 79.9. The lowest BCUT2D eigenvalue weighted by Gasteiger charge is -2.10. The minimum atomic E-state index is -2.88. The predicted molar refractivity (Wildman–Crippen MR) is 47.4 cm³/mol. The molecule has 0 atom stereocenters. The molecule has 6 heteroatoms. The van der Waals surface area contributed by atoms with E-state index in [1.165, 1.54) is 6.20 Å². The van der Waals surface area contributed by atoms with Gasteiger partial charge in [0.15, 0.2) is 5.01 Å². The van der Waals surface area contributed by atoms with Gasteiger partial charge in [-0.15, -0.1) is 11.3 Å². The van der Waals surface area contributed by atoms with Crippen LogP contribution >= 0.6 is 27.3 Å². The van der Waals surface area contributed by atoms with Crippen LogP contribution in [0.5, 0.6) is 0 Å². The Labute approximate surface area is 80.9 Å². The second-order valence-electron chi connectivity index (χ2n) is 2.21. The Hall–Kier alpha value is -0.0700. The first-order chi connectivity index (χ1) is 5.56. The van der Waals surface area contributed by atoms with Gasteiger partial charge in [-0.2, -0.15) is 8.78 Å². The van der Waals surface area contributed by atoms with Crippen molar-refractivity contribution in [3.63, 3.8) is 0 Å². The summed E-state index contributed by atoms with van der Waals surface area (Å²) in [6, 6.07) is 0. The Balaban J connectivity index is 2.81. The van der Waals surface area contributed by atoms with E-state index in [1.54, 1.807) is 0 Å². The number of halogens is 3. The normalized spacial score (nSPS) is 12.0. The van der Waals surface area contributed by atoms with Gasteiger partial charge in [-0.3, -0.25) is 0 Å². The van der Waals surface area contributed by atoms with Crippen LogP contribution in [0, 0.1) is 0 Å². The highest BCUT2D eigenvalue weighted by Crippen LogP contribution is 2.35. The van der Waals surface area contributed by atoms with Crippen molar-refractivity contribution in [3.05, 3.63) is 15.0 Å². The first kappa shape index (κ1) is 10.0. The second-order valence-corrected chi connectivity index (χ2v) is 4.62. The average molecular weight is 257 g/mol. The summed E-state index contributed by atoms with van der Waals surface area (Å²) in [4.78, 5) is 3.57. The van der Waals surface area contributed by atoms with Gasteiger partial charge in [-0.25, -0.2) is 4.98 Å². The summed E-state index contributed by atoms with van der Waals surface area (Å²) >= 11 is 4.00. The predicted octanol–water partition coefficient (Wildman–Crippen LogP) is 2.35.